The Morgan fingerprint density at radius 2 is 1.88 bits per heavy atom. The van der Waals surface area contributed by atoms with E-state index in [0.717, 1.165) is 22.6 Å². The Morgan fingerprint density at radius 1 is 1.24 bits per heavy atom. The number of hydrogen-bond donors (Lipinski definition) is 2. The molecule has 0 unspecified atom stereocenters. The lowest BCUT2D eigenvalue weighted by atomic mass is 9.87. The number of rotatable bonds is 4. The lowest BCUT2D eigenvalue weighted by Gasteiger charge is -2.41. The van der Waals surface area contributed by atoms with E-state index in [1.807, 2.05) is 19.1 Å². The third-order valence-electron chi connectivity index (χ3n) is 3.21. The van der Waals surface area contributed by atoms with E-state index in [-0.39, 0.29) is 5.54 Å². The fourth-order valence-electron chi connectivity index (χ4n) is 2.05. The minimum absolute atomic E-state index is 0.369. The van der Waals surface area contributed by atoms with Gasteiger partial charge in [-0.2, -0.15) is 0 Å². The molecule has 0 spiro atoms. The minimum atomic E-state index is -0.369. The molecule has 0 atom stereocenters. The van der Waals surface area contributed by atoms with Crippen molar-refractivity contribution in [2.45, 2.75) is 12.5 Å². The molecule has 3 N–H and O–H groups in total. The van der Waals surface area contributed by atoms with Gasteiger partial charge in [0.1, 0.15) is 17.0 Å². The summed E-state index contributed by atoms with van der Waals surface area (Å²) in [6.45, 7) is 3.04. The fraction of sp³-hybridized carbons (Fsp3) is 0.500. The highest BCUT2D eigenvalue weighted by Gasteiger charge is 2.42. The van der Waals surface area contributed by atoms with Gasteiger partial charge in [0.25, 0.3) is 0 Å². The average molecular weight is 238 g/mol. The van der Waals surface area contributed by atoms with E-state index in [0.29, 0.717) is 13.2 Å². The zero-order chi connectivity index (χ0) is 12.5. The van der Waals surface area contributed by atoms with Gasteiger partial charge in [-0.1, -0.05) is 0 Å². The maximum Gasteiger partial charge on any atom is 0.124 e. The van der Waals surface area contributed by atoms with Crippen molar-refractivity contribution in [2.75, 3.05) is 27.4 Å². The molecule has 1 aliphatic rings. The molecule has 1 aliphatic heterocycles. The van der Waals surface area contributed by atoms with Gasteiger partial charge >= 0.3 is 0 Å². The molecular formula is C12H18N2O3. The highest BCUT2D eigenvalue weighted by atomic mass is 16.5. The Hall–Kier alpha value is -1.30. The Morgan fingerprint density at radius 3 is 2.29 bits per heavy atom. The van der Waals surface area contributed by atoms with E-state index in [1.54, 1.807) is 14.2 Å². The molecule has 0 radical (unpaired) electrons. The molecule has 0 aliphatic carbocycles. The lowest BCUT2D eigenvalue weighted by molar-refractivity contribution is -0.0796. The third kappa shape index (κ3) is 1.86. The van der Waals surface area contributed by atoms with Crippen molar-refractivity contribution in [1.29, 1.82) is 0 Å². The lowest BCUT2D eigenvalue weighted by Crippen LogP contribution is -2.60. The van der Waals surface area contributed by atoms with Crippen LogP contribution in [0, 0.1) is 6.92 Å². The van der Waals surface area contributed by atoms with Crippen molar-refractivity contribution < 1.29 is 14.2 Å². The molecule has 2 rings (SSSR count). The molecule has 0 saturated carbocycles. The summed E-state index contributed by atoms with van der Waals surface area (Å²) in [5, 5.41) is 0. The van der Waals surface area contributed by atoms with Gasteiger partial charge in [0, 0.05) is 5.56 Å². The zero-order valence-corrected chi connectivity index (χ0v) is 10.4. The van der Waals surface area contributed by atoms with Crippen molar-refractivity contribution in [3.63, 3.8) is 0 Å². The smallest absolute Gasteiger partial charge is 0.124 e. The van der Waals surface area contributed by atoms with E-state index in [1.165, 1.54) is 0 Å². The molecule has 5 heteroatoms. The maximum absolute atomic E-state index is 5.63. The van der Waals surface area contributed by atoms with E-state index in [2.05, 4.69) is 5.43 Å². The second kappa shape index (κ2) is 4.52. The molecule has 0 bridgehead atoms. The second-order valence-electron chi connectivity index (χ2n) is 4.24. The van der Waals surface area contributed by atoms with Crippen molar-refractivity contribution in [2.24, 2.45) is 5.84 Å². The first kappa shape index (κ1) is 12.2. The van der Waals surface area contributed by atoms with Crippen LogP contribution in [-0.2, 0) is 10.3 Å². The number of ether oxygens (including phenoxy) is 3. The van der Waals surface area contributed by atoms with Gasteiger partial charge < -0.3 is 14.2 Å². The zero-order valence-electron chi connectivity index (χ0n) is 10.4. The van der Waals surface area contributed by atoms with Crippen LogP contribution >= 0.6 is 0 Å². The molecule has 17 heavy (non-hydrogen) atoms. The Labute approximate surface area is 101 Å². The first-order valence-electron chi connectivity index (χ1n) is 5.45. The molecule has 1 saturated heterocycles. The van der Waals surface area contributed by atoms with Crippen molar-refractivity contribution in [3.8, 4) is 11.5 Å². The summed E-state index contributed by atoms with van der Waals surface area (Å²) in [5.41, 5.74) is 4.44. The number of benzene rings is 1. The summed E-state index contributed by atoms with van der Waals surface area (Å²) in [6.07, 6.45) is 0. The van der Waals surface area contributed by atoms with Gasteiger partial charge in [-0.25, -0.2) is 5.43 Å². The number of methoxy groups -OCH3 is 2. The molecule has 1 heterocycles. The highest BCUT2D eigenvalue weighted by molar-refractivity contribution is 5.50. The Bertz CT molecular complexity index is 411. The minimum Gasteiger partial charge on any atom is -0.496 e. The molecule has 1 fully saturated rings. The Kier molecular flexibility index (Phi) is 3.24. The molecule has 0 amide bonds. The molecule has 0 aromatic heterocycles. The molecule has 5 nitrogen and oxygen atoms in total. The summed E-state index contributed by atoms with van der Waals surface area (Å²) < 4.78 is 16.0. The SMILES string of the molecule is COc1cc(C2(NN)COC2)c(OC)cc1C. The van der Waals surface area contributed by atoms with Crippen molar-refractivity contribution >= 4 is 0 Å². The van der Waals surface area contributed by atoms with Gasteiger partial charge in [0.05, 0.1) is 27.4 Å². The van der Waals surface area contributed by atoms with Gasteiger partial charge in [-0.15, -0.1) is 0 Å². The fourth-order valence-corrected chi connectivity index (χ4v) is 2.05. The second-order valence-corrected chi connectivity index (χ2v) is 4.24. The van der Waals surface area contributed by atoms with E-state index >= 15 is 0 Å². The van der Waals surface area contributed by atoms with Gasteiger partial charge in [0.2, 0.25) is 0 Å². The molecule has 1 aromatic carbocycles. The third-order valence-corrected chi connectivity index (χ3v) is 3.21. The summed E-state index contributed by atoms with van der Waals surface area (Å²) in [5.74, 6) is 7.25. The van der Waals surface area contributed by atoms with Crippen LogP contribution in [-0.4, -0.2) is 27.4 Å². The van der Waals surface area contributed by atoms with Crippen LogP contribution in [0.25, 0.3) is 0 Å². The predicted molar refractivity (Wildman–Crippen MR) is 64.1 cm³/mol. The molecular weight excluding hydrogens is 220 g/mol. The van der Waals surface area contributed by atoms with Crippen LogP contribution in [0.1, 0.15) is 11.1 Å². The van der Waals surface area contributed by atoms with E-state index in [9.17, 15) is 0 Å². The van der Waals surface area contributed by atoms with Crippen LogP contribution in [0.3, 0.4) is 0 Å². The normalized spacial score (nSPS) is 17.4. The molecule has 94 valence electrons. The van der Waals surface area contributed by atoms with Crippen molar-refractivity contribution in [1.82, 2.24) is 5.43 Å². The first-order chi connectivity index (χ1) is 8.16. The highest BCUT2D eigenvalue weighted by Crippen LogP contribution is 2.38. The van der Waals surface area contributed by atoms with Crippen LogP contribution in [0.4, 0.5) is 0 Å². The average Bonchev–Trinajstić information content (AvgIpc) is 2.29. The van der Waals surface area contributed by atoms with Gasteiger partial charge in [-0.05, 0) is 24.6 Å². The standard InChI is InChI=1S/C12H18N2O3/c1-8-4-11(16-3)9(5-10(8)15-2)12(14-13)6-17-7-12/h4-5,14H,6-7,13H2,1-3H3. The van der Waals surface area contributed by atoms with Crippen LogP contribution < -0.4 is 20.7 Å². The largest absolute Gasteiger partial charge is 0.496 e. The summed E-state index contributed by atoms with van der Waals surface area (Å²) in [7, 11) is 3.30. The topological polar surface area (TPSA) is 65.7 Å². The van der Waals surface area contributed by atoms with Gasteiger partial charge in [-0.3, -0.25) is 5.84 Å². The summed E-state index contributed by atoms with van der Waals surface area (Å²) >= 11 is 0. The van der Waals surface area contributed by atoms with Gasteiger partial charge in [0.15, 0.2) is 0 Å². The first-order valence-corrected chi connectivity index (χ1v) is 5.45. The monoisotopic (exact) mass is 238 g/mol. The molecule has 1 aromatic rings. The number of aryl methyl sites for hydroxylation is 1. The summed E-state index contributed by atoms with van der Waals surface area (Å²) in [6, 6.07) is 3.90. The number of hydrazine groups is 1. The number of nitrogens with two attached hydrogens (primary N) is 1. The van der Waals surface area contributed by atoms with E-state index < -0.39 is 0 Å². The maximum atomic E-state index is 5.63. The van der Waals surface area contributed by atoms with E-state index in [4.69, 9.17) is 20.1 Å². The quantitative estimate of drug-likeness (QED) is 0.597. The number of hydrogen-bond acceptors (Lipinski definition) is 5. The predicted octanol–water partition coefficient (Wildman–Crippen LogP) is 0.701. The van der Waals surface area contributed by atoms with Crippen LogP contribution in [0.5, 0.6) is 11.5 Å². The summed E-state index contributed by atoms with van der Waals surface area (Å²) in [4.78, 5) is 0. The van der Waals surface area contributed by atoms with Crippen LogP contribution in [0.15, 0.2) is 12.1 Å². The Balaban J connectivity index is 2.50. The van der Waals surface area contributed by atoms with Crippen LogP contribution in [0.2, 0.25) is 0 Å². The number of nitrogens with one attached hydrogen (secondary N) is 1. The van der Waals surface area contributed by atoms with Crippen molar-refractivity contribution in [3.05, 3.63) is 23.3 Å².